The molecule has 116 valence electrons. The minimum Gasteiger partial charge on any atom is -0.350 e. The van der Waals surface area contributed by atoms with Gasteiger partial charge in [0.15, 0.2) is 0 Å². The third-order valence-electron chi connectivity index (χ3n) is 3.62. The van der Waals surface area contributed by atoms with Crippen molar-refractivity contribution in [1.82, 2.24) is 10.6 Å². The number of hydrogen-bond donors (Lipinski definition) is 2. The molecule has 0 radical (unpaired) electrons. The first-order valence-corrected chi connectivity index (χ1v) is 7.76. The highest BCUT2D eigenvalue weighted by Gasteiger charge is 2.08. The SMILES string of the molecule is Cc1cccc(CNCCC(=O)NC(C)c2ccccc2)c1. The maximum Gasteiger partial charge on any atom is 0.221 e. The van der Waals surface area contributed by atoms with Crippen LogP contribution in [0.4, 0.5) is 0 Å². The Kier molecular flexibility index (Phi) is 6.16. The van der Waals surface area contributed by atoms with Crippen molar-refractivity contribution in [2.45, 2.75) is 32.9 Å². The lowest BCUT2D eigenvalue weighted by Gasteiger charge is -2.14. The molecule has 0 bridgehead atoms. The van der Waals surface area contributed by atoms with Gasteiger partial charge in [-0.3, -0.25) is 4.79 Å². The lowest BCUT2D eigenvalue weighted by atomic mass is 10.1. The smallest absolute Gasteiger partial charge is 0.221 e. The maximum atomic E-state index is 11.9. The summed E-state index contributed by atoms with van der Waals surface area (Å²) in [7, 11) is 0. The summed E-state index contributed by atoms with van der Waals surface area (Å²) in [5.74, 6) is 0.0769. The first-order valence-electron chi connectivity index (χ1n) is 7.76. The first-order chi connectivity index (χ1) is 10.6. The van der Waals surface area contributed by atoms with Gasteiger partial charge in [0.2, 0.25) is 5.91 Å². The van der Waals surface area contributed by atoms with Crippen molar-refractivity contribution >= 4 is 5.91 Å². The van der Waals surface area contributed by atoms with Crippen molar-refractivity contribution in [3.63, 3.8) is 0 Å². The van der Waals surface area contributed by atoms with Gasteiger partial charge in [-0.25, -0.2) is 0 Å². The number of hydrogen-bond acceptors (Lipinski definition) is 2. The van der Waals surface area contributed by atoms with Crippen LogP contribution in [0.15, 0.2) is 54.6 Å². The molecule has 2 aromatic rings. The van der Waals surface area contributed by atoms with E-state index in [9.17, 15) is 4.79 Å². The summed E-state index contributed by atoms with van der Waals surface area (Å²) < 4.78 is 0. The number of amides is 1. The van der Waals surface area contributed by atoms with E-state index in [1.54, 1.807) is 0 Å². The highest BCUT2D eigenvalue weighted by atomic mass is 16.1. The average Bonchev–Trinajstić information content (AvgIpc) is 2.52. The van der Waals surface area contributed by atoms with Gasteiger partial charge in [0.1, 0.15) is 0 Å². The molecule has 0 aromatic heterocycles. The summed E-state index contributed by atoms with van der Waals surface area (Å²) in [6, 6.07) is 18.5. The Balaban J connectivity index is 1.68. The predicted octanol–water partition coefficient (Wildman–Crippen LogP) is 3.35. The third kappa shape index (κ3) is 5.34. The average molecular weight is 296 g/mol. The molecule has 0 aliphatic carbocycles. The van der Waals surface area contributed by atoms with E-state index < -0.39 is 0 Å². The van der Waals surface area contributed by atoms with Crippen molar-refractivity contribution in [1.29, 1.82) is 0 Å². The van der Waals surface area contributed by atoms with Crippen LogP contribution in [0, 0.1) is 6.92 Å². The zero-order valence-electron chi connectivity index (χ0n) is 13.3. The van der Waals surface area contributed by atoms with Crippen molar-refractivity contribution < 1.29 is 4.79 Å². The Morgan fingerprint density at radius 3 is 2.59 bits per heavy atom. The lowest BCUT2D eigenvalue weighted by molar-refractivity contribution is -0.121. The summed E-state index contributed by atoms with van der Waals surface area (Å²) in [6.07, 6.45) is 0.489. The molecular formula is C19H24N2O. The van der Waals surface area contributed by atoms with Crippen LogP contribution in [0.25, 0.3) is 0 Å². The molecule has 1 unspecified atom stereocenters. The van der Waals surface area contributed by atoms with Gasteiger partial charge in [0, 0.05) is 19.5 Å². The molecule has 0 saturated heterocycles. The van der Waals surface area contributed by atoms with Crippen molar-refractivity contribution in [2.75, 3.05) is 6.54 Å². The Labute approximate surface area is 132 Å². The Hall–Kier alpha value is -2.13. The van der Waals surface area contributed by atoms with Crippen LogP contribution in [0.2, 0.25) is 0 Å². The van der Waals surface area contributed by atoms with Gasteiger partial charge in [-0.05, 0) is 25.0 Å². The number of nitrogens with one attached hydrogen (secondary N) is 2. The fourth-order valence-corrected chi connectivity index (χ4v) is 2.40. The van der Waals surface area contributed by atoms with Crippen LogP contribution in [0.5, 0.6) is 0 Å². The summed E-state index contributed by atoms with van der Waals surface area (Å²) in [6.45, 7) is 5.57. The van der Waals surface area contributed by atoms with Gasteiger partial charge in [0.05, 0.1) is 6.04 Å². The predicted molar refractivity (Wildman–Crippen MR) is 90.5 cm³/mol. The van der Waals surface area contributed by atoms with E-state index in [0.29, 0.717) is 13.0 Å². The van der Waals surface area contributed by atoms with E-state index in [4.69, 9.17) is 0 Å². The van der Waals surface area contributed by atoms with Crippen LogP contribution >= 0.6 is 0 Å². The fraction of sp³-hybridized carbons (Fsp3) is 0.316. The second kappa shape index (κ2) is 8.35. The van der Waals surface area contributed by atoms with Gasteiger partial charge in [-0.15, -0.1) is 0 Å². The molecule has 22 heavy (non-hydrogen) atoms. The van der Waals surface area contributed by atoms with Crippen molar-refractivity contribution in [2.24, 2.45) is 0 Å². The van der Waals surface area contributed by atoms with E-state index in [-0.39, 0.29) is 11.9 Å². The highest BCUT2D eigenvalue weighted by Crippen LogP contribution is 2.11. The Bertz CT molecular complexity index is 595. The monoisotopic (exact) mass is 296 g/mol. The van der Waals surface area contributed by atoms with E-state index in [1.807, 2.05) is 37.3 Å². The fourth-order valence-electron chi connectivity index (χ4n) is 2.40. The molecule has 2 aromatic carbocycles. The second-order valence-corrected chi connectivity index (χ2v) is 5.62. The van der Waals surface area contributed by atoms with Gasteiger partial charge in [-0.2, -0.15) is 0 Å². The van der Waals surface area contributed by atoms with E-state index in [2.05, 4.69) is 41.8 Å². The van der Waals surface area contributed by atoms with E-state index in [1.165, 1.54) is 11.1 Å². The number of carbonyl (C=O) groups is 1. The molecular weight excluding hydrogens is 272 g/mol. The summed E-state index contributed by atoms with van der Waals surface area (Å²) in [5.41, 5.74) is 3.63. The molecule has 3 heteroatoms. The van der Waals surface area contributed by atoms with Crippen LogP contribution in [-0.2, 0) is 11.3 Å². The van der Waals surface area contributed by atoms with Crippen LogP contribution < -0.4 is 10.6 Å². The normalized spacial score (nSPS) is 11.9. The molecule has 2 N–H and O–H groups in total. The number of aryl methyl sites for hydroxylation is 1. The van der Waals surface area contributed by atoms with Gasteiger partial charge >= 0.3 is 0 Å². The molecule has 1 atom stereocenters. The molecule has 0 saturated carbocycles. The van der Waals surface area contributed by atoms with Gasteiger partial charge in [0.25, 0.3) is 0 Å². The molecule has 2 rings (SSSR count). The van der Waals surface area contributed by atoms with Gasteiger partial charge in [-0.1, -0.05) is 60.2 Å². The van der Waals surface area contributed by atoms with Crippen molar-refractivity contribution in [3.05, 3.63) is 71.3 Å². The summed E-state index contributed by atoms with van der Waals surface area (Å²) in [5, 5.41) is 6.34. The molecule has 0 heterocycles. The lowest BCUT2D eigenvalue weighted by Crippen LogP contribution is -2.29. The van der Waals surface area contributed by atoms with Crippen LogP contribution in [-0.4, -0.2) is 12.5 Å². The minimum absolute atomic E-state index is 0.0467. The molecule has 0 spiro atoms. The number of carbonyl (C=O) groups excluding carboxylic acids is 1. The summed E-state index contributed by atoms with van der Waals surface area (Å²) >= 11 is 0. The Morgan fingerprint density at radius 1 is 1.09 bits per heavy atom. The van der Waals surface area contributed by atoms with E-state index >= 15 is 0 Å². The zero-order valence-corrected chi connectivity index (χ0v) is 13.3. The molecule has 0 aliphatic heterocycles. The minimum atomic E-state index is 0.0467. The molecule has 0 fully saturated rings. The Morgan fingerprint density at radius 2 is 1.86 bits per heavy atom. The number of rotatable bonds is 7. The molecule has 3 nitrogen and oxygen atoms in total. The second-order valence-electron chi connectivity index (χ2n) is 5.62. The maximum absolute atomic E-state index is 11.9. The molecule has 0 aliphatic rings. The largest absolute Gasteiger partial charge is 0.350 e. The highest BCUT2D eigenvalue weighted by molar-refractivity contribution is 5.76. The molecule has 1 amide bonds. The zero-order chi connectivity index (χ0) is 15.8. The van der Waals surface area contributed by atoms with Crippen LogP contribution in [0.3, 0.4) is 0 Å². The standard InChI is InChI=1S/C19H24N2O/c1-15-7-6-8-17(13-15)14-20-12-11-19(22)21-16(2)18-9-4-3-5-10-18/h3-10,13,16,20H,11-12,14H2,1-2H3,(H,21,22). The van der Waals surface area contributed by atoms with Crippen molar-refractivity contribution in [3.8, 4) is 0 Å². The topological polar surface area (TPSA) is 41.1 Å². The third-order valence-corrected chi connectivity index (χ3v) is 3.62. The van der Waals surface area contributed by atoms with Crippen LogP contribution in [0.1, 0.15) is 36.1 Å². The summed E-state index contributed by atoms with van der Waals surface area (Å²) in [4.78, 5) is 11.9. The first kappa shape index (κ1) is 16.2. The van der Waals surface area contributed by atoms with Gasteiger partial charge < -0.3 is 10.6 Å². The quantitative estimate of drug-likeness (QED) is 0.769. The number of benzene rings is 2. The van der Waals surface area contributed by atoms with E-state index in [0.717, 1.165) is 12.1 Å².